The molecular formula is C23H25FN2O4. The number of carbonyl (C=O) groups excluding carboxylic acids is 3. The van der Waals surface area contributed by atoms with Crippen molar-refractivity contribution in [1.82, 2.24) is 5.32 Å². The van der Waals surface area contributed by atoms with E-state index in [2.05, 4.69) is 5.32 Å². The number of carbonyl (C=O) groups is 3. The Morgan fingerprint density at radius 1 is 1.17 bits per heavy atom. The number of hydrogen-bond donors (Lipinski definition) is 1. The average molecular weight is 412 g/mol. The van der Waals surface area contributed by atoms with Crippen LogP contribution in [-0.4, -0.2) is 37.5 Å². The first-order chi connectivity index (χ1) is 14.3. The lowest BCUT2D eigenvalue weighted by molar-refractivity contribution is -0.152. The van der Waals surface area contributed by atoms with Crippen LogP contribution in [0.15, 0.2) is 42.5 Å². The minimum absolute atomic E-state index is 0.0679. The molecule has 1 heterocycles. The monoisotopic (exact) mass is 412 g/mol. The van der Waals surface area contributed by atoms with Crippen molar-refractivity contribution >= 4 is 23.5 Å². The number of halogens is 1. The summed E-state index contributed by atoms with van der Waals surface area (Å²) < 4.78 is 18.0. The van der Waals surface area contributed by atoms with Gasteiger partial charge in [0.2, 0.25) is 5.91 Å². The summed E-state index contributed by atoms with van der Waals surface area (Å²) in [7, 11) is 0. The van der Waals surface area contributed by atoms with Crippen LogP contribution in [0, 0.1) is 25.6 Å². The summed E-state index contributed by atoms with van der Waals surface area (Å²) >= 11 is 0. The largest absolute Gasteiger partial charge is 0.455 e. The second-order valence-electron chi connectivity index (χ2n) is 7.46. The van der Waals surface area contributed by atoms with Crippen molar-refractivity contribution in [2.24, 2.45) is 5.92 Å². The number of nitrogens with zero attached hydrogens (tertiary/aromatic N) is 1. The molecule has 0 radical (unpaired) electrons. The third-order valence-corrected chi connectivity index (χ3v) is 5.32. The third-order valence-electron chi connectivity index (χ3n) is 5.32. The molecule has 3 rings (SSSR count). The number of anilines is 1. The van der Waals surface area contributed by atoms with E-state index in [-0.39, 0.29) is 24.7 Å². The van der Waals surface area contributed by atoms with E-state index < -0.39 is 24.4 Å². The highest BCUT2D eigenvalue weighted by Crippen LogP contribution is 2.29. The molecule has 1 N–H and O–H groups in total. The summed E-state index contributed by atoms with van der Waals surface area (Å²) in [4.78, 5) is 38.3. The van der Waals surface area contributed by atoms with Crippen LogP contribution in [0.1, 0.15) is 23.1 Å². The summed E-state index contributed by atoms with van der Waals surface area (Å²) in [6.45, 7) is 4.12. The molecule has 2 amide bonds. The maximum absolute atomic E-state index is 12.9. The lowest BCUT2D eigenvalue weighted by atomic mass is 10.1. The van der Waals surface area contributed by atoms with Gasteiger partial charge in [-0.15, -0.1) is 0 Å². The van der Waals surface area contributed by atoms with Crippen molar-refractivity contribution in [2.75, 3.05) is 24.6 Å². The van der Waals surface area contributed by atoms with E-state index in [9.17, 15) is 18.8 Å². The zero-order valence-electron chi connectivity index (χ0n) is 17.1. The molecule has 158 valence electrons. The minimum atomic E-state index is -0.593. The summed E-state index contributed by atoms with van der Waals surface area (Å²) in [6.07, 6.45) is 0.611. The van der Waals surface area contributed by atoms with Gasteiger partial charge in [0, 0.05) is 25.2 Å². The first-order valence-electron chi connectivity index (χ1n) is 9.89. The number of hydrogen-bond acceptors (Lipinski definition) is 4. The first-order valence-corrected chi connectivity index (χ1v) is 9.89. The van der Waals surface area contributed by atoms with E-state index in [1.54, 1.807) is 17.0 Å². The Morgan fingerprint density at radius 2 is 1.90 bits per heavy atom. The number of nitrogens with one attached hydrogen (secondary N) is 1. The van der Waals surface area contributed by atoms with Crippen LogP contribution >= 0.6 is 0 Å². The Labute approximate surface area is 175 Å². The predicted molar refractivity (Wildman–Crippen MR) is 110 cm³/mol. The van der Waals surface area contributed by atoms with Gasteiger partial charge in [-0.2, -0.15) is 0 Å². The first kappa shape index (κ1) is 21.5. The van der Waals surface area contributed by atoms with Crippen LogP contribution in [0.4, 0.5) is 10.1 Å². The number of aryl methyl sites for hydroxylation is 1. The van der Waals surface area contributed by atoms with Gasteiger partial charge in [-0.05, 0) is 55.2 Å². The number of esters is 1. The fraction of sp³-hybridized carbons (Fsp3) is 0.348. The van der Waals surface area contributed by atoms with Crippen molar-refractivity contribution in [2.45, 2.75) is 26.7 Å². The van der Waals surface area contributed by atoms with Gasteiger partial charge in [0.05, 0.1) is 5.92 Å². The van der Waals surface area contributed by atoms with Gasteiger partial charge in [0.25, 0.3) is 5.91 Å². The normalized spacial score (nSPS) is 15.9. The fourth-order valence-corrected chi connectivity index (χ4v) is 3.43. The third kappa shape index (κ3) is 5.23. The standard InChI is InChI=1S/C23H25FN2O4/c1-15-4-3-5-20(16(15)2)26-13-18(12-22(26)28)23(29)30-14-21(27)25-11-10-17-6-8-19(24)9-7-17/h3-9,18H,10-14H2,1-2H3,(H,25,27)/t18-/m0/s1. The van der Waals surface area contributed by atoms with Gasteiger partial charge >= 0.3 is 5.97 Å². The van der Waals surface area contributed by atoms with Crippen LogP contribution in [0.5, 0.6) is 0 Å². The SMILES string of the molecule is Cc1cccc(N2C[C@@H](C(=O)OCC(=O)NCCc3ccc(F)cc3)CC2=O)c1C. The average Bonchev–Trinajstić information content (AvgIpc) is 3.11. The molecule has 1 aliphatic heterocycles. The second-order valence-corrected chi connectivity index (χ2v) is 7.46. The number of amides is 2. The van der Waals surface area contributed by atoms with E-state index in [1.165, 1.54) is 12.1 Å². The Bertz CT molecular complexity index is 943. The fourth-order valence-electron chi connectivity index (χ4n) is 3.43. The molecule has 1 saturated heterocycles. The van der Waals surface area contributed by atoms with E-state index >= 15 is 0 Å². The van der Waals surface area contributed by atoms with Crippen LogP contribution in [0.2, 0.25) is 0 Å². The Kier molecular flexibility index (Phi) is 6.82. The van der Waals surface area contributed by atoms with Crippen molar-refractivity contribution < 1.29 is 23.5 Å². The van der Waals surface area contributed by atoms with Crippen molar-refractivity contribution in [1.29, 1.82) is 0 Å². The quantitative estimate of drug-likeness (QED) is 0.710. The van der Waals surface area contributed by atoms with Gasteiger partial charge in [-0.3, -0.25) is 14.4 Å². The Morgan fingerprint density at radius 3 is 2.63 bits per heavy atom. The topological polar surface area (TPSA) is 75.7 Å². The number of rotatable bonds is 7. The molecule has 1 fully saturated rings. The van der Waals surface area contributed by atoms with Gasteiger partial charge in [0.15, 0.2) is 6.61 Å². The van der Waals surface area contributed by atoms with Crippen LogP contribution < -0.4 is 10.2 Å². The molecule has 0 spiro atoms. The van der Waals surface area contributed by atoms with Gasteiger partial charge in [0.1, 0.15) is 5.82 Å². The second kappa shape index (κ2) is 9.52. The highest BCUT2D eigenvalue weighted by molar-refractivity contribution is 6.00. The van der Waals surface area contributed by atoms with Crippen molar-refractivity contribution in [3.8, 4) is 0 Å². The van der Waals surface area contributed by atoms with Crippen LogP contribution in [0.25, 0.3) is 0 Å². The molecule has 0 aromatic heterocycles. The molecule has 2 aromatic carbocycles. The molecule has 1 aliphatic rings. The maximum Gasteiger partial charge on any atom is 0.311 e. The smallest absolute Gasteiger partial charge is 0.311 e. The zero-order chi connectivity index (χ0) is 21.7. The Balaban J connectivity index is 1.44. The molecular weight excluding hydrogens is 387 g/mol. The van der Waals surface area contributed by atoms with E-state index in [0.29, 0.717) is 13.0 Å². The summed E-state index contributed by atoms with van der Waals surface area (Å²) in [5, 5.41) is 2.66. The molecule has 1 atom stereocenters. The predicted octanol–water partition coefficient (Wildman–Crippen LogP) is 2.70. The maximum atomic E-state index is 12.9. The Hall–Kier alpha value is -3.22. The van der Waals surface area contributed by atoms with Gasteiger partial charge < -0.3 is 15.0 Å². The summed E-state index contributed by atoms with van der Waals surface area (Å²) in [5.41, 5.74) is 3.77. The van der Waals surface area contributed by atoms with E-state index in [0.717, 1.165) is 22.4 Å². The lowest BCUT2D eigenvalue weighted by Gasteiger charge is -2.20. The van der Waals surface area contributed by atoms with Gasteiger partial charge in [-0.25, -0.2) is 4.39 Å². The molecule has 0 saturated carbocycles. The molecule has 0 unspecified atom stereocenters. The highest BCUT2D eigenvalue weighted by atomic mass is 19.1. The van der Waals surface area contributed by atoms with Crippen LogP contribution in [0.3, 0.4) is 0 Å². The van der Waals surface area contributed by atoms with Crippen molar-refractivity contribution in [3.05, 3.63) is 65.0 Å². The lowest BCUT2D eigenvalue weighted by Crippen LogP contribution is -2.32. The molecule has 30 heavy (non-hydrogen) atoms. The molecule has 0 bridgehead atoms. The molecule has 0 aliphatic carbocycles. The molecule has 7 heteroatoms. The molecule has 6 nitrogen and oxygen atoms in total. The van der Waals surface area contributed by atoms with Crippen LogP contribution in [-0.2, 0) is 25.5 Å². The summed E-state index contributed by atoms with van der Waals surface area (Å²) in [5.74, 6) is -2.00. The summed E-state index contributed by atoms with van der Waals surface area (Å²) in [6, 6.07) is 11.8. The number of ether oxygens (including phenoxy) is 1. The zero-order valence-corrected chi connectivity index (χ0v) is 17.1. The highest BCUT2D eigenvalue weighted by Gasteiger charge is 2.36. The minimum Gasteiger partial charge on any atom is -0.455 e. The van der Waals surface area contributed by atoms with E-state index in [1.807, 2.05) is 32.0 Å². The van der Waals surface area contributed by atoms with E-state index in [4.69, 9.17) is 4.74 Å². The van der Waals surface area contributed by atoms with Gasteiger partial charge in [-0.1, -0.05) is 24.3 Å². The van der Waals surface area contributed by atoms with Crippen molar-refractivity contribution in [3.63, 3.8) is 0 Å². The molecule has 2 aromatic rings. The number of benzene rings is 2.